The highest BCUT2D eigenvalue weighted by atomic mass is 16.5. The van der Waals surface area contributed by atoms with E-state index in [-0.39, 0.29) is 24.2 Å². The van der Waals surface area contributed by atoms with Gasteiger partial charge >= 0.3 is 0 Å². The molecule has 1 saturated heterocycles. The van der Waals surface area contributed by atoms with Crippen LogP contribution in [0.2, 0.25) is 0 Å². The van der Waals surface area contributed by atoms with Crippen molar-refractivity contribution in [2.45, 2.75) is 45.4 Å². The molecule has 0 spiro atoms. The van der Waals surface area contributed by atoms with Crippen LogP contribution in [0.25, 0.3) is 0 Å². The smallest absolute Gasteiger partial charge is 0.239 e. The van der Waals surface area contributed by atoms with Gasteiger partial charge in [-0.25, -0.2) is 0 Å². The highest BCUT2D eigenvalue weighted by molar-refractivity contribution is 5.81. The van der Waals surface area contributed by atoms with Crippen molar-refractivity contribution in [2.75, 3.05) is 13.1 Å². The minimum atomic E-state index is -0.354. The molecule has 0 aliphatic carbocycles. The first-order chi connectivity index (χ1) is 6.54. The van der Waals surface area contributed by atoms with E-state index in [1.807, 2.05) is 25.7 Å². The van der Waals surface area contributed by atoms with Crippen LogP contribution in [0, 0.1) is 0 Å². The van der Waals surface area contributed by atoms with E-state index in [4.69, 9.17) is 10.5 Å². The monoisotopic (exact) mass is 200 g/mol. The molecule has 0 saturated carbocycles. The Morgan fingerprint density at radius 1 is 1.50 bits per heavy atom. The molecule has 4 heteroatoms. The lowest BCUT2D eigenvalue weighted by Crippen LogP contribution is -2.53. The third-order valence-corrected chi connectivity index (χ3v) is 2.49. The van der Waals surface area contributed by atoms with Crippen LogP contribution in [0.5, 0.6) is 0 Å². The van der Waals surface area contributed by atoms with Crippen molar-refractivity contribution < 1.29 is 9.53 Å². The predicted molar refractivity (Wildman–Crippen MR) is 54.9 cm³/mol. The van der Waals surface area contributed by atoms with Gasteiger partial charge in [0.1, 0.15) is 0 Å². The van der Waals surface area contributed by atoms with Gasteiger partial charge in [0.2, 0.25) is 5.91 Å². The number of hydrogen-bond acceptors (Lipinski definition) is 3. The van der Waals surface area contributed by atoms with E-state index in [2.05, 4.69) is 0 Å². The molecular weight excluding hydrogens is 180 g/mol. The van der Waals surface area contributed by atoms with Gasteiger partial charge in [-0.05, 0) is 20.3 Å². The Hall–Kier alpha value is -0.610. The Morgan fingerprint density at radius 3 is 2.43 bits per heavy atom. The zero-order chi connectivity index (χ0) is 10.7. The van der Waals surface area contributed by atoms with Gasteiger partial charge in [0, 0.05) is 13.1 Å². The van der Waals surface area contributed by atoms with Crippen LogP contribution >= 0.6 is 0 Å². The Bertz CT molecular complexity index is 198. The van der Waals surface area contributed by atoms with E-state index in [0.29, 0.717) is 19.5 Å². The van der Waals surface area contributed by atoms with Gasteiger partial charge in [-0.1, -0.05) is 6.92 Å². The second-order valence-electron chi connectivity index (χ2n) is 4.02. The van der Waals surface area contributed by atoms with E-state index in [0.717, 1.165) is 0 Å². The molecule has 3 unspecified atom stereocenters. The second kappa shape index (κ2) is 4.75. The van der Waals surface area contributed by atoms with E-state index in [1.54, 1.807) is 0 Å². The average Bonchev–Trinajstić information content (AvgIpc) is 2.14. The van der Waals surface area contributed by atoms with E-state index in [9.17, 15) is 4.79 Å². The molecule has 1 fully saturated rings. The lowest BCUT2D eigenvalue weighted by atomic mass is 10.1. The number of hydrogen-bond donors (Lipinski definition) is 1. The molecule has 4 nitrogen and oxygen atoms in total. The maximum absolute atomic E-state index is 11.8. The fourth-order valence-electron chi connectivity index (χ4n) is 1.77. The first-order valence-corrected chi connectivity index (χ1v) is 5.24. The van der Waals surface area contributed by atoms with Gasteiger partial charge in [-0.2, -0.15) is 0 Å². The van der Waals surface area contributed by atoms with Gasteiger partial charge in [-0.15, -0.1) is 0 Å². The van der Waals surface area contributed by atoms with Crippen molar-refractivity contribution in [1.29, 1.82) is 0 Å². The molecule has 0 radical (unpaired) electrons. The molecule has 2 N–H and O–H groups in total. The predicted octanol–water partition coefficient (Wildman–Crippen LogP) is 0.359. The number of ether oxygens (including phenoxy) is 1. The first-order valence-electron chi connectivity index (χ1n) is 5.24. The van der Waals surface area contributed by atoms with Crippen molar-refractivity contribution >= 4 is 5.91 Å². The number of amides is 1. The van der Waals surface area contributed by atoms with Crippen LogP contribution in [0.1, 0.15) is 27.2 Å². The summed E-state index contributed by atoms with van der Waals surface area (Å²) in [6, 6.07) is -0.354. The molecule has 1 aliphatic rings. The van der Waals surface area contributed by atoms with E-state index in [1.165, 1.54) is 0 Å². The summed E-state index contributed by atoms with van der Waals surface area (Å²) in [5, 5.41) is 0. The zero-order valence-corrected chi connectivity index (χ0v) is 9.19. The van der Waals surface area contributed by atoms with Crippen LogP contribution in [0.15, 0.2) is 0 Å². The van der Waals surface area contributed by atoms with Crippen LogP contribution in [0.3, 0.4) is 0 Å². The molecule has 82 valence electrons. The highest BCUT2D eigenvalue weighted by Gasteiger charge is 2.27. The summed E-state index contributed by atoms with van der Waals surface area (Å²) in [6.45, 7) is 7.21. The highest BCUT2D eigenvalue weighted by Crippen LogP contribution is 2.11. The molecular formula is C10H20N2O2. The third kappa shape index (κ3) is 2.69. The lowest BCUT2D eigenvalue weighted by molar-refractivity contribution is -0.144. The van der Waals surface area contributed by atoms with Gasteiger partial charge in [0.05, 0.1) is 18.2 Å². The maximum atomic E-state index is 11.8. The quantitative estimate of drug-likeness (QED) is 0.700. The first kappa shape index (κ1) is 11.5. The number of nitrogens with two attached hydrogens (primary N) is 1. The molecule has 3 atom stereocenters. The van der Waals surface area contributed by atoms with Crippen LogP contribution in [-0.4, -0.2) is 42.1 Å². The summed E-state index contributed by atoms with van der Waals surface area (Å²) in [5.74, 6) is 0.0505. The normalized spacial score (nSPS) is 30.1. The van der Waals surface area contributed by atoms with Crippen molar-refractivity contribution in [3.05, 3.63) is 0 Å². The summed E-state index contributed by atoms with van der Waals surface area (Å²) >= 11 is 0. The van der Waals surface area contributed by atoms with Crippen LogP contribution < -0.4 is 5.73 Å². The minimum Gasteiger partial charge on any atom is -0.372 e. The molecule has 0 bridgehead atoms. The average molecular weight is 200 g/mol. The number of nitrogens with zero attached hydrogens (tertiary/aromatic N) is 1. The maximum Gasteiger partial charge on any atom is 0.239 e. The van der Waals surface area contributed by atoms with Crippen molar-refractivity contribution in [2.24, 2.45) is 5.73 Å². The molecule has 1 heterocycles. The Kier molecular flexibility index (Phi) is 3.89. The molecule has 0 aromatic rings. The van der Waals surface area contributed by atoms with Crippen LogP contribution in [-0.2, 0) is 9.53 Å². The van der Waals surface area contributed by atoms with E-state index < -0.39 is 0 Å². The van der Waals surface area contributed by atoms with Gasteiger partial charge in [0.25, 0.3) is 0 Å². The van der Waals surface area contributed by atoms with Gasteiger partial charge in [-0.3, -0.25) is 4.79 Å². The summed E-state index contributed by atoms with van der Waals surface area (Å²) in [6.07, 6.45) is 0.928. The molecule has 1 amide bonds. The number of morpholine rings is 1. The fourth-order valence-corrected chi connectivity index (χ4v) is 1.77. The topological polar surface area (TPSA) is 55.6 Å². The largest absolute Gasteiger partial charge is 0.372 e. The standard InChI is InChI=1S/C10H20N2O2/c1-4-9(11)10(13)12-5-7(2)14-8(3)6-12/h7-9H,4-6,11H2,1-3H3. The van der Waals surface area contributed by atoms with Crippen molar-refractivity contribution in [3.8, 4) is 0 Å². The van der Waals surface area contributed by atoms with E-state index >= 15 is 0 Å². The van der Waals surface area contributed by atoms with Crippen molar-refractivity contribution in [3.63, 3.8) is 0 Å². The van der Waals surface area contributed by atoms with Crippen LogP contribution in [0.4, 0.5) is 0 Å². The molecule has 1 aliphatic heterocycles. The summed E-state index contributed by atoms with van der Waals surface area (Å²) in [5.41, 5.74) is 5.71. The minimum absolute atomic E-state index is 0.0505. The second-order valence-corrected chi connectivity index (χ2v) is 4.02. The number of rotatable bonds is 2. The third-order valence-electron chi connectivity index (χ3n) is 2.49. The summed E-state index contributed by atoms with van der Waals surface area (Å²) in [7, 11) is 0. The Morgan fingerprint density at radius 2 is 2.00 bits per heavy atom. The van der Waals surface area contributed by atoms with Crippen molar-refractivity contribution in [1.82, 2.24) is 4.90 Å². The molecule has 1 rings (SSSR count). The molecule has 0 aromatic heterocycles. The summed E-state index contributed by atoms with van der Waals surface area (Å²) < 4.78 is 5.55. The number of carbonyl (C=O) groups excluding carboxylic acids is 1. The lowest BCUT2D eigenvalue weighted by Gasteiger charge is -2.36. The Labute approximate surface area is 85.4 Å². The molecule has 0 aromatic carbocycles. The SMILES string of the molecule is CCC(N)C(=O)N1CC(C)OC(C)C1. The molecule has 14 heavy (non-hydrogen) atoms. The van der Waals surface area contributed by atoms with Gasteiger partial charge in [0.15, 0.2) is 0 Å². The Balaban J connectivity index is 2.54. The summed E-state index contributed by atoms with van der Waals surface area (Å²) in [4.78, 5) is 13.6. The fraction of sp³-hybridized carbons (Fsp3) is 0.900. The van der Waals surface area contributed by atoms with Gasteiger partial charge < -0.3 is 15.4 Å². The zero-order valence-electron chi connectivity index (χ0n) is 9.19. The number of carbonyl (C=O) groups is 1.